The second-order valence-corrected chi connectivity index (χ2v) is 4.10. The molecule has 0 atom stereocenters. The van der Waals surface area contributed by atoms with Crippen LogP contribution in [0.1, 0.15) is 30.9 Å². The van der Waals surface area contributed by atoms with Gasteiger partial charge < -0.3 is 9.94 Å². The molecule has 0 amide bonds. The van der Waals surface area contributed by atoms with Gasteiger partial charge in [0.1, 0.15) is 5.75 Å². The van der Waals surface area contributed by atoms with Crippen LogP contribution in [-0.4, -0.2) is 12.3 Å². The fourth-order valence-corrected chi connectivity index (χ4v) is 1.84. The van der Waals surface area contributed by atoms with Crippen molar-refractivity contribution in [2.24, 2.45) is 0 Å². The van der Waals surface area contributed by atoms with Gasteiger partial charge in [0.2, 0.25) is 0 Å². The van der Waals surface area contributed by atoms with Crippen LogP contribution in [0.25, 0.3) is 0 Å². The summed E-state index contributed by atoms with van der Waals surface area (Å²) in [7, 11) is 1.61. The largest absolute Gasteiger partial charge is 0.495 e. The zero-order valence-corrected chi connectivity index (χ0v) is 9.93. The number of hydroxylamine groups is 1. The first-order chi connectivity index (χ1) is 7.10. The Labute approximate surface area is 95.0 Å². The van der Waals surface area contributed by atoms with Crippen LogP contribution in [0, 0.1) is 0 Å². The average Bonchev–Trinajstić information content (AvgIpc) is 2.17. The topological polar surface area (TPSA) is 41.5 Å². The summed E-state index contributed by atoms with van der Waals surface area (Å²) in [4.78, 5) is 0. The lowest BCUT2D eigenvalue weighted by atomic mass is 9.99. The molecule has 0 fully saturated rings. The van der Waals surface area contributed by atoms with Gasteiger partial charge in [-0.1, -0.05) is 31.5 Å². The van der Waals surface area contributed by atoms with E-state index in [-0.39, 0.29) is 0 Å². The summed E-state index contributed by atoms with van der Waals surface area (Å²) in [6.45, 7) is 4.53. The lowest BCUT2D eigenvalue weighted by molar-refractivity contribution is 0.161. The Kier molecular flexibility index (Phi) is 4.39. The smallest absolute Gasteiger partial charge is 0.140 e. The number of nitrogens with one attached hydrogen (secondary N) is 1. The molecule has 2 N–H and O–H groups in total. The third kappa shape index (κ3) is 2.84. The van der Waals surface area contributed by atoms with Gasteiger partial charge in [0.05, 0.1) is 12.1 Å². The van der Waals surface area contributed by atoms with Crippen LogP contribution < -0.4 is 10.2 Å². The molecule has 0 aliphatic heterocycles. The Morgan fingerprint density at radius 2 is 2.13 bits per heavy atom. The van der Waals surface area contributed by atoms with Crippen molar-refractivity contribution in [2.75, 3.05) is 7.11 Å². The molecule has 0 aliphatic rings. The standard InChI is InChI=1S/C11H16ClNO2/c1-7(2)9-4-8(6-13-14)5-10(12)11(9)15-3/h4-5,7,13-14H,6H2,1-3H3. The molecule has 1 rings (SSSR count). The lowest BCUT2D eigenvalue weighted by Crippen LogP contribution is -2.07. The van der Waals surface area contributed by atoms with Gasteiger partial charge in [-0.2, -0.15) is 0 Å². The van der Waals surface area contributed by atoms with Gasteiger partial charge in [0.15, 0.2) is 0 Å². The highest BCUT2D eigenvalue weighted by Crippen LogP contribution is 2.34. The van der Waals surface area contributed by atoms with Crippen LogP contribution in [0.5, 0.6) is 5.75 Å². The van der Waals surface area contributed by atoms with E-state index in [1.807, 2.05) is 6.07 Å². The van der Waals surface area contributed by atoms with Gasteiger partial charge in [-0.3, -0.25) is 0 Å². The van der Waals surface area contributed by atoms with E-state index in [9.17, 15) is 0 Å². The highest BCUT2D eigenvalue weighted by Gasteiger charge is 2.12. The molecule has 0 unspecified atom stereocenters. The van der Waals surface area contributed by atoms with Crippen molar-refractivity contribution in [1.29, 1.82) is 0 Å². The second kappa shape index (κ2) is 5.35. The third-order valence-electron chi connectivity index (χ3n) is 2.24. The molecule has 1 aromatic rings. The molecule has 0 heterocycles. The molecular formula is C11H16ClNO2. The van der Waals surface area contributed by atoms with Crippen molar-refractivity contribution in [3.8, 4) is 5.75 Å². The van der Waals surface area contributed by atoms with Gasteiger partial charge >= 0.3 is 0 Å². The number of halogens is 1. The quantitative estimate of drug-likeness (QED) is 0.780. The first-order valence-corrected chi connectivity index (χ1v) is 5.21. The summed E-state index contributed by atoms with van der Waals surface area (Å²) < 4.78 is 5.26. The molecule has 0 radical (unpaired) electrons. The maximum absolute atomic E-state index is 8.64. The lowest BCUT2D eigenvalue weighted by Gasteiger charge is -2.15. The fourth-order valence-electron chi connectivity index (χ4n) is 1.51. The van der Waals surface area contributed by atoms with Crippen molar-refractivity contribution >= 4 is 11.6 Å². The van der Waals surface area contributed by atoms with Crippen molar-refractivity contribution in [3.05, 3.63) is 28.3 Å². The minimum atomic E-state index is 0.330. The number of benzene rings is 1. The van der Waals surface area contributed by atoms with E-state index in [1.165, 1.54) is 0 Å². The van der Waals surface area contributed by atoms with Gasteiger partial charge in [0, 0.05) is 6.54 Å². The van der Waals surface area contributed by atoms with Crippen molar-refractivity contribution in [2.45, 2.75) is 26.3 Å². The highest BCUT2D eigenvalue weighted by molar-refractivity contribution is 6.32. The van der Waals surface area contributed by atoms with Crippen LogP contribution in [0.15, 0.2) is 12.1 Å². The van der Waals surface area contributed by atoms with E-state index < -0.39 is 0 Å². The molecule has 0 aromatic heterocycles. The highest BCUT2D eigenvalue weighted by atomic mass is 35.5. The van der Waals surface area contributed by atoms with E-state index >= 15 is 0 Å². The predicted octanol–water partition coefficient (Wildman–Crippen LogP) is 2.95. The van der Waals surface area contributed by atoms with Crippen LogP contribution in [0.2, 0.25) is 5.02 Å². The van der Waals surface area contributed by atoms with Crippen molar-refractivity contribution in [1.82, 2.24) is 5.48 Å². The molecule has 15 heavy (non-hydrogen) atoms. The minimum Gasteiger partial charge on any atom is -0.495 e. The van der Waals surface area contributed by atoms with Crippen molar-refractivity contribution in [3.63, 3.8) is 0 Å². The number of hydrogen-bond acceptors (Lipinski definition) is 3. The summed E-state index contributed by atoms with van der Waals surface area (Å²) in [5, 5.41) is 9.22. The monoisotopic (exact) mass is 229 g/mol. The molecule has 1 aromatic carbocycles. The predicted molar refractivity (Wildman–Crippen MR) is 60.7 cm³/mol. The van der Waals surface area contributed by atoms with Crippen LogP contribution >= 0.6 is 11.6 Å². The summed E-state index contributed by atoms with van der Waals surface area (Å²) in [5.41, 5.74) is 4.10. The maximum atomic E-state index is 8.64. The van der Waals surface area contributed by atoms with E-state index in [0.29, 0.717) is 23.2 Å². The number of methoxy groups -OCH3 is 1. The molecule has 0 spiro atoms. The molecule has 0 saturated heterocycles. The van der Waals surface area contributed by atoms with E-state index in [4.69, 9.17) is 21.5 Å². The molecule has 0 aliphatic carbocycles. The normalized spacial score (nSPS) is 10.8. The van der Waals surface area contributed by atoms with Gasteiger partial charge in [0.25, 0.3) is 0 Å². The zero-order valence-electron chi connectivity index (χ0n) is 9.17. The van der Waals surface area contributed by atoms with Crippen molar-refractivity contribution < 1.29 is 9.94 Å². The Hall–Kier alpha value is -0.770. The number of ether oxygens (including phenoxy) is 1. The maximum Gasteiger partial charge on any atom is 0.140 e. The fraction of sp³-hybridized carbons (Fsp3) is 0.455. The average molecular weight is 230 g/mol. The summed E-state index contributed by atoms with van der Waals surface area (Å²) >= 11 is 6.08. The van der Waals surface area contributed by atoms with Crippen LogP contribution in [-0.2, 0) is 6.54 Å². The molecule has 0 bridgehead atoms. The van der Waals surface area contributed by atoms with E-state index in [2.05, 4.69) is 19.3 Å². The molecule has 4 heteroatoms. The summed E-state index contributed by atoms with van der Waals surface area (Å²) in [6.07, 6.45) is 0. The Morgan fingerprint density at radius 1 is 1.47 bits per heavy atom. The van der Waals surface area contributed by atoms with E-state index in [0.717, 1.165) is 11.1 Å². The molecule has 3 nitrogen and oxygen atoms in total. The first kappa shape index (κ1) is 12.3. The zero-order chi connectivity index (χ0) is 11.4. The number of hydrogen-bond donors (Lipinski definition) is 2. The third-order valence-corrected chi connectivity index (χ3v) is 2.52. The molecule has 84 valence electrons. The first-order valence-electron chi connectivity index (χ1n) is 4.83. The van der Waals surface area contributed by atoms with Crippen LogP contribution in [0.3, 0.4) is 0 Å². The Bertz CT molecular complexity index is 340. The summed E-state index contributed by atoms with van der Waals surface area (Å²) in [5.74, 6) is 1.05. The Balaban J connectivity index is 3.19. The van der Waals surface area contributed by atoms with Gasteiger partial charge in [-0.25, -0.2) is 5.48 Å². The van der Waals surface area contributed by atoms with Gasteiger partial charge in [-0.15, -0.1) is 0 Å². The molecular weight excluding hydrogens is 214 g/mol. The number of rotatable bonds is 4. The molecule has 0 saturated carbocycles. The SMILES string of the molecule is COc1c(Cl)cc(CNO)cc1C(C)C. The second-order valence-electron chi connectivity index (χ2n) is 3.69. The van der Waals surface area contributed by atoms with Crippen LogP contribution in [0.4, 0.5) is 0 Å². The van der Waals surface area contributed by atoms with Gasteiger partial charge in [-0.05, 0) is 23.1 Å². The summed E-state index contributed by atoms with van der Waals surface area (Å²) in [6, 6.07) is 3.77. The van der Waals surface area contributed by atoms with E-state index in [1.54, 1.807) is 13.2 Å². The minimum absolute atomic E-state index is 0.330. The Morgan fingerprint density at radius 3 is 2.60 bits per heavy atom.